The summed E-state index contributed by atoms with van der Waals surface area (Å²) in [7, 11) is 0. The molecule has 0 unspecified atom stereocenters. The van der Waals surface area contributed by atoms with Gasteiger partial charge in [0, 0.05) is 12.1 Å². The zero-order chi connectivity index (χ0) is 10.7. The molecule has 1 aromatic rings. The number of anilines is 1. The molecule has 2 N–H and O–H groups in total. The minimum Gasteiger partial charge on any atom is -0.384 e. The van der Waals surface area contributed by atoms with Crippen molar-refractivity contribution in [3.63, 3.8) is 0 Å². The van der Waals surface area contributed by atoms with E-state index in [0.29, 0.717) is 0 Å². The van der Waals surface area contributed by atoms with E-state index in [2.05, 4.69) is 5.10 Å². The van der Waals surface area contributed by atoms with Gasteiger partial charge in [-0.3, -0.25) is 0 Å². The second-order valence-electron chi connectivity index (χ2n) is 4.75. The van der Waals surface area contributed by atoms with E-state index < -0.39 is 0 Å². The van der Waals surface area contributed by atoms with Gasteiger partial charge >= 0.3 is 0 Å². The number of rotatable bonds is 2. The Morgan fingerprint density at radius 1 is 1.33 bits per heavy atom. The highest BCUT2D eigenvalue weighted by Gasteiger charge is 2.14. The topological polar surface area (TPSA) is 43.8 Å². The third kappa shape index (κ3) is 2.52. The number of nitrogens with two attached hydrogens (primary N) is 1. The molecule has 0 bridgehead atoms. The van der Waals surface area contributed by atoms with Crippen LogP contribution in [0.5, 0.6) is 0 Å². The quantitative estimate of drug-likeness (QED) is 0.758. The number of hydrogen-bond donors (Lipinski definition) is 1. The minimum absolute atomic E-state index is 0.786. The van der Waals surface area contributed by atoms with Crippen LogP contribution in [0.1, 0.15) is 44.1 Å². The summed E-state index contributed by atoms with van der Waals surface area (Å²) in [6.45, 7) is 3.03. The van der Waals surface area contributed by atoms with Gasteiger partial charge in [0.05, 0.1) is 6.20 Å². The summed E-state index contributed by atoms with van der Waals surface area (Å²) in [6, 6.07) is 0. The van der Waals surface area contributed by atoms with E-state index in [1.54, 1.807) is 0 Å². The molecule has 3 nitrogen and oxygen atoms in total. The van der Waals surface area contributed by atoms with Gasteiger partial charge in [-0.1, -0.05) is 25.7 Å². The third-order valence-electron chi connectivity index (χ3n) is 3.48. The molecule has 0 saturated heterocycles. The first-order chi connectivity index (χ1) is 7.27. The largest absolute Gasteiger partial charge is 0.384 e. The number of hydrogen-bond acceptors (Lipinski definition) is 2. The second-order valence-corrected chi connectivity index (χ2v) is 4.75. The van der Waals surface area contributed by atoms with Crippen LogP contribution < -0.4 is 5.73 Å². The van der Waals surface area contributed by atoms with Crippen molar-refractivity contribution >= 4 is 5.82 Å². The van der Waals surface area contributed by atoms with E-state index in [-0.39, 0.29) is 0 Å². The Hall–Kier alpha value is -0.990. The molecule has 1 aliphatic rings. The van der Waals surface area contributed by atoms with Gasteiger partial charge in [0.1, 0.15) is 5.82 Å². The van der Waals surface area contributed by atoms with Gasteiger partial charge in [-0.05, 0) is 25.7 Å². The van der Waals surface area contributed by atoms with Gasteiger partial charge in [0.25, 0.3) is 0 Å². The van der Waals surface area contributed by atoms with Crippen LogP contribution in [0.4, 0.5) is 5.82 Å². The maximum absolute atomic E-state index is 5.96. The van der Waals surface area contributed by atoms with Crippen LogP contribution in [0.2, 0.25) is 0 Å². The van der Waals surface area contributed by atoms with Gasteiger partial charge in [-0.2, -0.15) is 5.10 Å². The molecule has 0 aromatic carbocycles. The predicted octanol–water partition coefficient (Wildman–Crippen LogP) is 2.74. The molecule has 1 fully saturated rings. The average Bonchev–Trinajstić information content (AvgIpc) is 2.50. The minimum atomic E-state index is 0.786. The smallest absolute Gasteiger partial charge is 0.124 e. The summed E-state index contributed by atoms with van der Waals surface area (Å²) in [5, 5.41) is 4.33. The van der Waals surface area contributed by atoms with Crippen LogP contribution in [0.3, 0.4) is 0 Å². The van der Waals surface area contributed by atoms with Gasteiger partial charge in [0.15, 0.2) is 0 Å². The molecule has 0 aliphatic heterocycles. The van der Waals surface area contributed by atoms with Crippen molar-refractivity contribution in [2.24, 2.45) is 5.92 Å². The highest BCUT2D eigenvalue weighted by molar-refractivity contribution is 5.36. The zero-order valence-electron chi connectivity index (χ0n) is 9.58. The molecule has 84 valence electrons. The highest BCUT2D eigenvalue weighted by Crippen LogP contribution is 2.25. The SMILES string of the molecule is Cc1cnn(CC2CCCCCC2)c1N. The van der Waals surface area contributed by atoms with E-state index in [0.717, 1.165) is 23.8 Å². The molecule has 1 aromatic heterocycles. The second kappa shape index (κ2) is 4.69. The van der Waals surface area contributed by atoms with E-state index in [1.807, 2.05) is 17.8 Å². The average molecular weight is 207 g/mol. The Balaban J connectivity index is 1.98. The van der Waals surface area contributed by atoms with Gasteiger partial charge in [-0.15, -0.1) is 0 Å². The Morgan fingerprint density at radius 3 is 2.53 bits per heavy atom. The molecule has 1 heterocycles. The lowest BCUT2D eigenvalue weighted by molar-refractivity contribution is 0.379. The first-order valence-electron chi connectivity index (χ1n) is 6.05. The molecular weight excluding hydrogens is 186 g/mol. The van der Waals surface area contributed by atoms with Gasteiger partial charge < -0.3 is 5.73 Å². The van der Waals surface area contributed by atoms with Crippen molar-refractivity contribution in [1.82, 2.24) is 9.78 Å². The molecular formula is C12H21N3. The summed E-state index contributed by atoms with van der Waals surface area (Å²) >= 11 is 0. The summed E-state index contributed by atoms with van der Waals surface area (Å²) in [5.41, 5.74) is 7.06. The fourth-order valence-corrected chi connectivity index (χ4v) is 2.42. The lowest BCUT2D eigenvalue weighted by Gasteiger charge is -2.14. The van der Waals surface area contributed by atoms with Crippen LogP contribution in [-0.4, -0.2) is 9.78 Å². The Bertz CT molecular complexity index is 309. The molecule has 0 spiro atoms. The van der Waals surface area contributed by atoms with E-state index in [1.165, 1.54) is 38.5 Å². The van der Waals surface area contributed by atoms with Crippen molar-refractivity contribution < 1.29 is 0 Å². The summed E-state index contributed by atoms with van der Waals surface area (Å²) in [4.78, 5) is 0. The maximum atomic E-state index is 5.96. The van der Waals surface area contributed by atoms with Crippen LogP contribution >= 0.6 is 0 Å². The lowest BCUT2D eigenvalue weighted by Crippen LogP contribution is -2.13. The molecule has 0 atom stereocenters. The normalized spacial score (nSPS) is 19.0. The summed E-state index contributed by atoms with van der Waals surface area (Å²) in [6.07, 6.45) is 10.1. The van der Waals surface area contributed by atoms with Crippen LogP contribution in [0.25, 0.3) is 0 Å². The lowest BCUT2D eigenvalue weighted by atomic mass is 10.0. The monoisotopic (exact) mass is 207 g/mol. The van der Waals surface area contributed by atoms with Crippen molar-refractivity contribution in [2.75, 3.05) is 5.73 Å². The Kier molecular flexibility index (Phi) is 3.29. The zero-order valence-corrected chi connectivity index (χ0v) is 9.58. The number of aromatic nitrogens is 2. The number of nitrogen functional groups attached to an aromatic ring is 1. The standard InChI is InChI=1S/C12H21N3/c1-10-8-14-15(12(10)13)9-11-6-4-2-3-5-7-11/h8,11H,2-7,9,13H2,1H3. The van der Waals surface area contributed by atoms with Crippen LogP contribution in [0, 0.1) is 12.8 Å². The molecule has 1 aliphatic carbocycles. The molecule has 0 radical (unpaired) electrons. The fraction of sp³-hybridized carbons (Fsp3) is 0.750. The van der Waals surface area contributed by atoms with Crippen molar-refractivity contribution in [2.45, 2.75) is 52.0 Å². The summed E-state index contributed by atoms with van der Waals surface area (Å²) in [5.74, 6) is 1.63. The van der Waals surface area contributed by atoms with Gasteiger partial charge in [-0.25, -0.2) is 4.68 Å². The molecule has 3 heteroatoms. The molecule has 15 heavy (non-hydrogen) atoms. The van der Waals surface area contributed by atoms with Crippen molar-refractivity contribution in [1.29, 1.82) is 0 Å². The number of nitrogens with zero attached hydrogens (tertiary/aromatic N) is 2. The van der Waals surface area contributed by atoms with Crippen molar-refractivity contribution in [3.05, 3.63) is 11.8 Å². The van der Waals surface area contributed by atoms with Crippen molar-refractivity contribution in [3.8, 4) is 0 Å². The Labute approximate surface area is 91.7 Å². The first-order valence-corrected chi connectivity index (χ1v) is 6.05. The van der Waals surface area contributed by atoms with E-state index >= 15 is 0 Å². The van der Waals surface area contributed by atoms with E-state index in [4.69, 9.17) is 5.73 Å². The van der Waals surface area contributed by atoms with Crippen LogP contribution in [-0.2, 0) is 6.54 Å². The maximum Gasteiger partial charge on any atom is 0.124 e. The Morgan fingerprint density at radius 2 is 2.00 bits per heavy atom. The molecule has 0 amide bonds. The highest BCUT2D eigenvalue weighted by atomic mass is 15.3. The molecule has 1 saturated carbocycles. The third-order valence-corrected chi connectivity index (χ3v) is 3.48. The number of aryl methyl sites for hydroxylation is 1. The van der Waals surface area contributed by atoms with Crippen LogP contribution in [0.15, 0.2) is 6.20 Å². The van der Waals surface area contributed by atoms with Gasteiger partial charge in [0.2, 0.25) is 0 Å². The molecule has 2 rings (SSSR count). The fourth-order valence-electron chi connectivity index (χ4n) is 2.42. The van der Waals surface area contributed by atoms with E-state index in [9.17, 15) is 0 Å². The summed E-state index contributed by atoms with van der Waals surface area (Å²) < 4.78 is 1.98. The first kappa shape index (κ1) is 10.5. The predicted molar refractivity (Wildman–Crippen MR) is 62.6 cm³/mol.